The molecule has 1 aromatic carbocycles. The predicted molar refractivity (Wildman–Crippen MR) is 73.8 cm³/mol. The molecular formula is C17H24. The average Bonchev–Trinajstić information content (AvgIpc) is 2.29. The average molecular weight is 228 g/mol. The molecule has 0 aromatic heterocycles. The van der Waals surface area contributed by atoms with Crippen molar-refractivity contribution in [3.63, 3.8) is 0 Å². The fourth-order valence-corrected chi connectivity index (χ4v) is 3.97. The molecule has 0 radical (unpaired) electrons. The van der Waals surface area contributed by atoms with E-state index in [0.717, 1.165) is 5.92 Å². The molecule has 3 rings (SSSR count). The first-order chi connectivity index (χ1) is 8.09. The van der Waals surface area contributed by atoms with Crippen molar-refractivity contribution in [3.8, 4) is 0 Å². The van der Waals surface area contributed by atoms with Crippen molar-refractivity contribution in [1.29, 1.82) is 0 Å². The minimum Gasteiger partial charge on any atom is -0.0584 e. The summed E-state index contributed by atoms with van der Waals surface area (Å²) >= 11 is 0. The standard InChI is InChI=1S/C17H24/c1-12-6-4-7-14-13(12)9-10-16-15(14)8-5-11-17(16,2)3/h9-10,12H,4-8,11H2,1-3H3. The maximum Gasteiger partial charge on any atom is -0.0101 e. The third-order valence-corrected chi connectivity index (χ3v) is 5.02. The summed E-state index contributed by atoms with van der Waals surface area (Å²) in [5.41, 5.74) is 7.17. The number of benzene rings is 1. The largest absolute Gasteiger partial charge is 0.0584 e. The van der Waals surface area contributed by atoms with Crippen molar-refractivity contribution in [2.24, 2.45) is 0 Å². The molecule has 0 amide bonds. The van der Waals surface area contributed by atoms with Gasteiger partial charge in [-0.3, -0.25) is 0 Å². The van der Waals surface area contributed by atoms with E-state index in [0.29, 0.717) is 5.41 Å². The first-order valence-corrected chi connectivity index (χ1v) is 7.25. The van der Waals surface area contributed by atoms with Crippen LogP contribution in [0.15, 0.2) is 12.1 Å². The van der Waals surface area contributed by atoms with Gasteiger partial charge in [0, 0.05) is 0 Å². The molecular weight excluding hydrogens is 204 g/mol. The highest BCUT2D eigenvalue weighted by molar-refractivity contribution is 5.48. The first kappa shape index (κ1) is 11.3. The summed E-state index contributed by atoms with van der Waals surface area (Å²) in [4.78, 5) is 0. The molecule has 17 heavy (non-hydrogen) atoms. The Morgan fingerprint density at radius 2 is 1.82 bits per heavy atom. The first-order valence-electron chi connectivity index (χ1n) is 7.25. The SMILES string of the molecule is CC1CCCc2c1ccc1c2CCCC1(C)C. The lowest BCUT2D eigenvalue weighted by atomic mass is 9.68. The fraction of sp³-hybridized carbons (Fsp3) is 0.647. The van der Waals surface area contributed by atoms with Crippen LogP contribution in [-0.2, 0) is 18.3 Å². The van der Waals surface area contributed by atoms with E-state index in [2.05, 4.69) is 32.9 Å². The molecule has 0 nitrogen and oxygen atoms in total. The predicted octanol–water partition coefficient (Wildman–Crippen LogP) is 4.74. The lowest BCUT2D eigenvalue weighted by molar-refractivity contribution is 0.427. The number of rotatable bonds is 0. The van der Waals surface area contributed by atoms with E-state index in [1.54, 1.807) is 22.3 Å². The maximum atomic E-state index is 2.44. The van der Waals surface area contributed by atoms with Crippen LogP contribution in [0.1, 0.15) is 74.6 Å². The van der Waals surface area contributed by atoms with Gasteiger partial charge < -0.3 is 0 Å². The highest BCUT2D eigenvalue weighted by Gasteiger charge is 2.30. The maximum absolute atomic E-state index is 2.44. The molecule has 0 heteroatoms. The smallest absolute Gasteiger partial charge is 0.0101 e. The molecule has 1 atom stereocenters. The summed E-state index contributed by atoms with van der Waals surface area (Å²) in [5.74, 6) is 0.786. The topological polar surface area (TPSA) is 0 Å². The van der Waals surface area contributed by atoms with E-state index in [-0.39, 0.29) is 0 Å². The fourth-order valence-electron chi connectivity index (χ4n) is 3.97. The second-order valence-corrected chi connectivity index (χ2v) is 6.69. The molecule has 1 unspecified atom stereocenters. The van der Waals surface area contributed by atoms with Crippen molar-refractivity contribution in [2.75, 3.05) is 0 Å². The van der Waals surface area contributed by atoms with Crippen molar-refractivity contribution in [3.05, 3.63) is 34.4 Å². The molecule has 2 aliphatic carbocycles. The Hall–Kier alpha value is -0.780. The van der Waals surface area contributed by atoms with Gasteiger partial charge in [0.1, 0.15) is 0 Å². The van der Waals surface area contributed by atoms with E-state index < -0.39 is 0 Å². The molecule has 0 bridgehead atoms. The summed E-state index contributed by atoms with van der Waals surface area (Å²) in [6.07, 6.45) is 8.17. The Bertz CT molecular complexity index is 440. The molecule has 0 fully saturated rings. The van der Waals surface area contributed by atoms with E-state index >= 15 is 0 Å². The van der Waals surface area contributed by atoms with Gasteiger partial charge in [-0.2, -0.15) is 0 Å². The molecule has 0 heterocycles. The lowest BCUT2D eigenvalue weighted by Gasteiger charge is -2.36. The summed E-state index contributed by atoms with van der Waals surface area (Å²) in [7, 11) is 0. The van der Waals surface area contributed by atoms with Crippen molar-refractivity contribution in [2.45, 2.75) is 70.6 Å². The van der Waals surface area contributed by atoms with Crippen LogP contribution in [0.5, 0.6) is 0 Å². The van der Waals surface area contributed by atoms with Crippen LogP contribution in [-0.4, -0.2) is 0 Å². The van der Waals surface area contributed by atoms with Crippen LogP contribution in [0, 0.1) is 0 Å². The van der Waals surface area contributed by atoms with Gasteiger partial charge in [-0.25, -0.2) is 0 Å². The molecule has 0 N–H and O–H groups in total. The van der Waals surface area contributed by atoms with Crippen LogP contribution in [0.4, 0.5) is 0 Å². The van der Waals surface area contributed by atoms with E-state index in [1.807, 2.05) is 0 Å². The highest BCUT2D eigenvalue weighted by atomic mass is 14.4. The molecule has 0 spiro atoms. The Balaban J connectivity index is 2.17. The van der Waals surface area contributed by atoms with E-state index in [1.165, 1.54) is 38.5 Å². The Morgan fingerprint density at radius 3 is 2.65 bits per heavy atom. The van der Waals surface area contributed by atoms with Crippen LogP contribution >= 0.6 is 0 Å². The Morgan fingerprint density at radius 1 is 1.06 bits per heavy atom. The van der Waals surface area contributed by atoms with Crippen LogP contribution < -0.4 is 0 Å². The molecule has 0 saturated carbocycles. The van der Waals surface area contributed by atoms with Crippen molar-refractivity contribution < 1.29 is 0 Å². The normalized spacial score (nSPS) is 26.2. The molecule has 92 valence electrons. The zero-order chi connectivity index (χ0) is 12.0. The minimum absolute atomic E-state index is 0.406. The summed E-state index contributed by atoms with van der Waals surface area (Å²) in [6.45, 7) is 7.24. The molecule has 0 aliphatic heterocycles. The van der Waals surface area contributed by atoms with Gasteiger partial charge in [-0.15, -0.1) is 0 Å². The second-order valence-electron chi connectivity index (χ2n) is 6.69. The Labute approximate surface area is 105 Å². The van der Waals surface area contributed by atoms with Gasteiger partial charge >= 0.3 is 0 Å². The van der Waals surface area contributed by atoms with Gasteiger partial charge in [-0.05, 0) is 72.1 Å². The van der Waals surface area contributed by atoms with Crippen LogP contribution in [0.2, 0.25) is 0 Å². The van der Waals surface area contributed by atoms with Gasteiger partial charge in [0.2, 0.25) is 0 Å². The van der Waals surface area contributed by atoms with E-state index in [9.17, 15) is 0 Å². The zero-order valence-electron chi connectivity index (χ0n) is 11.5. The monoisotopic (exact) mass is 228 g/mol. The second kappa shape index (κ2) is 3.86. The highest BCUT2D eigenvalue weighted by Crippen LogP contribution is 2.42. The van der Waals surface area contributed by atoms with Crippen molar-refractivity contribution in [1.82, 2.24) is 0 Å². The van der Waals surface area contributed by atoms with Gasteiger partial charge in [0.25, 0.3) is 0 Å². The lowest BCUT2D eigenvalue weighted by Crippen LogP contribution is -2.26. The van der Waals surface area contributed by atoms with Gasteiger partial charge in [0.05, 0.1) is 0 Å². The van der Waals surface area contributed by atoms with Gasteiger partial charge in [0.15, 0.2) is 0 Å². The molecule has 0 saturated heterocycles. The van der Waals surface area contributed by atoms with Gasteiger partial charge in [-0.1, -0.05) is 32.9 Å². The van der Waals surface area contributed by atoms with Crippen LogP contribution in [0.25, 0.3) is 0 Å². The van der Waals surface area contributed by atoms with E-state index in [4.69, 9.17) is 0 Å². The number of fused-ring (bicyclic) bond motifs is 3. The Kier molecular flexibility index (Phi) is 2.57. The molecule has 2 aliphatic rings. The number of hydrogen-bond donors (Lipinski definition) is 0. The zero-order valence-corrected chi connectivity index (χ0v) is 11.5. The van der Waals surface area contributed by atoms with Crippen molar-refractivity contribution >= 4 is 0 Å². The minimum atomic E-state index is 0.406. The molecule has 1 aromatic rings. The summed E-state index contributed by atoms with van der Waals surface area (Å²) in [5, 5.41) is 0. The summed E-state index contributed by atoms with van der Waals surface area (Å²) in [6, 6.07) is 4.88. The van der Waals surface area contributed by atoms with Crippen LogP contribution in [0.3, 0.4) is 0 Å². The third kappa shape index (κ3) is 1.73. The third-order valence-electron chi connectivity index (χ3n) is 5.02. The summed E-state index contributed by atoms with van der Waals surface area (Å²) < 4.78 is 0. The number of hydrogen-bond acceptors (Lipinski definition) is 0. The quantitative estimate of drug-likeness (QED) is 0.601.